The number of ether oxygens (including phenoxy) is 1. The Labute approximate surface area is 171 Å². The van der Waals surface area contributed by atoms with Crippen LogP contribution in [-0.2, 0) is 27.9 Å². The van der Waals surface area contributed by atoms with Crippen LogP contribution in [0.1, 0.15) is 23.1 Å². The number of carbonyl (C=O) groups is 1. The van der Waals surface area contributed by atoms with Gasteiger partial charge in [-0.2, -0.15) is 17.6 Å². The van der Waals surface area contributed by atoms with Crippen LogP contribution in [0.2, 0.25) is 0 Å². The van der Waals surface area contributed by atoms with Gasteiger partial charge in [0, 0.05) is 24.5 Å². The predicted octanol–water partition coefficient (Wildman–Crippen LogP) is 1.24. The molecule has 0 fully saturated rings. The molecule has 3 heterocycles. The molecule has 1 N–H and O–H groups in total. The number of rotatable bonds is 5. The number of nitrogens with zero attached hydrogens (tertiary/aromatic N) is 4. The topological polar surface area (TPSA) is 115 Å². The van der Waals surface area contributed by atoms with Gasteiger partial charge in [-0.05, 0) is 36.4 Å². The van der Waals surface area contributed by atoms with E-state index in [-0.39, 0.29) is 23.7 Å². The van der Waals surface area contributed by atoms with Crippen LogP contribution in [0.15, 0.2) is 53.7 Å². The van der Waals surface area contributed by atoms with Crippen molar-refractivity contribution in [1.82, 2.24) is 19.1 Å². The molecule has 1 atom stereocenters. The number of aromatic nitrogens is 3. The first kappa shape index (κ1) is 20.0. The van der Waals surface area contributed by atoms with E-state index in [1.807, 2.05) is 0 Å². The van der Waals surface area contributed by atoms with E-state index >= 15 is 0 Å². The van der Waals surface area contributed by atoms with Crippen LogP contribution in [0.3, 0.4) is 0 Å². The molecule has 0 radical (unpaired) electrons. The van der Waals surface area contributed by atoms with Gasteiger partial charge in [0.05, 0.1) is 24.2 Å². The van der Waals surface area contributed by atoms with Gasteiger partial charge < -0.3 is 14.7 Å². The fourth-order valence-corrected chi connectivity index (χ4v) is 4.32. The zero-order chi connectivity index (χ0) is 21.5. The number of aliphatic hydroxyl groups excluding tert-OH is 1. The number of methoxy groups -OCH3 is 1. The minimum Gasteiger partial charge on any atom is -0.497 e. The summed E-state index contributed by atoms with van der Waals surface area (Å²) < 4.78 is 45.2. The third kappa shape index (κ3) is 3.42. The van der Waals surface area contributed by atoms with Crippen molar-refractivity contribution >= 4 is 15.9 Å². The zero-order valence-corrected chi connectivity index (χ0v) is 16.6. The van der Waals surface area contributed by atoms with Crippen LogP contribution in [0.25, 0.3) is 0 Å². The van der Waals surface area contributed by atoms with Crippen LogP contribution in [0.4, 0.5) is 4.39 Å². The van der Waals surface area contributed by atoms with E-state index in [9.17, 15) is 22.7 Å². The van der Waals surface area contributed by atoms with E-state index in [4.69, 9.17) is 4.74 Å². The molecule has 0 aliphatic carbocycles. The van der Waals surface area contributed by atoms with Gasteiger partial charge in [0.25, 0.3) is 15.9 Å². The average Bonchev–Trinajstić information content (AvgIpc) is 3.33. The number of fused-ring (bicyclic) bond motifs is 1. The zero-order valence-electron chi connectivity index (χ0n) is 15.8. The normalized spacial score (nSPS) is 14.4. The molecule has 1 unspecified atom stereocenters. The highest BCUT2D eigenvalue weighted by molar-refractivity contribution is 7.89. The van der Waals surface area contributed by atoms with Gasteiger partial charge >= 0.3 is 0 Å². The third-order valence-corrected chi connectivity index (χ3v) is 6.30. The maximum Gasteiger partial charge on any atom is 0.282 e. The van der Waals surface area contributed by atoms with Gasteiger partial charge in [-0.15, -0.1) is 0 Å². The molecule has 1 aliphatic heterocycles. The lowest BCUT2D eigenvalue weighted by atomic mass is 10.2. The number of hydrogen-bond donors (Lipinski definition) is 1. The van der Waals surface area contributed by atoms with Crippen molar-refractivity contribution in [2.75, 3.05) is 7.11 Å². The number of amides is 1. The Morgan fingerprint density at radius 2 is 1.97 bits per heavy atom. The van der Waals surface area contributed by atoms with Crippen molar-refractivity contribution in [1.29, 1.82) is 0 Å². The van der Waals surface area contributed by atoms with Gasteiger partial charge in [-0.3, -0.25) is 9.78 Å². The van der Waals surface area contributed by atoms with Gasteiger partial charge in [0.15, 0.2) is 6.10 Å². The molecule has 1 aliphatic rings. The molecule has 2 aromatic heterocycles. The molecular weight excluding hydrogens is 415 g/mol. The van der Waals surface area contributed by atoms with Gasteiger partial charge in [-0.25, -0.2) is 4.39 Å². The first-order valence-corrected chi connectivity index (χ1v) is 10.3. The SMILES string of the molecule is COc1ccc(S(=O)(=O)n2cc3c(n2)CN(C(=O)C(O)c2ncccc2F)C3)cc1. The number of hydrogen-bond acceptors (Lipinski definition) is 7. The minimum absolute atomic E-state index is 0.00912. The summed E-state index contributed by atoms with van der Waals surface area (Å²) >= 11 is 0. The van der Waals surface area contributed by atoms with Crippen LogP contribution in [0.5, 0.6) is 5.75 Å². The highest BCUT2D eigenvalue weighted by atomic mass is 32.2. The second kappa shape index (κ2) is 7.50. The Balaban J connectivity index is 1.52. The maximum atomic E-state index is 13.8. The Morgan fingerprint density at radius 3 is 2.60 bits per heavy atom. The maximum absolute atomic E-state index is 13.8. The lowest BCUT2D eigenvalue weighted by Crippen LogP contribution is -2.32. The number of pyridine rings is 1. The summed E-state index contributed by atoms with van der Waals surface area (Å²) in [5.74, 6) is -1.00. The molecule has 0 bridgehead atoms. The van der Waals surface area contributed by atoms with Crippen LogP contribution >= 0.6 is 0 Å². The smallest absolute Gasteiger partial charge is 0.282 e. The molecule has 0 spiro atoms. The van der Waals surface area contributed by atoms with Crippen molar-refractivity contribution in [2.45, 2.75) is 24.1 Å². The third-order valence-electron chi connectivity index (χ3n) is 4.75. The van der Waals surface area contributed by atoms with Crippen molar-refractivity contribution in [3.8, 4) is 5.75 Å². The molecule has 9 nitrogen and oxygen atoms in total. The Kier molecular flexibility index (Phi) is 5.00. The molecule has 1 amide bonds. The number of benzene rings is 1. The Bertz CT molecular complexity index is 1190. The number of halogens is 1. The largest absolute Gasteiger partial charge is 0.497 e. The van der Waals surface area contributed by atoms with E-state index < -0.39 is 27.9 Å². The highest BCUT2D eigenvalue weighted by Gasteiger charge is 2.34. The lowest BCUT2D eigenvalue weighted by Gasteiger charge is -2.19. The lowest BCUT2D eigenvalue weighted by molar-refractivity contribution is -0.141. The molecule has 30 heavy (non-hydrogen) atoms. The standard InChI is InChI=1S/C19H17FN4O5S/c1-29-13-4-6-14(7-5-13)30(27,28)24-10-12-9-23(11-16(12)22-24)19(26)18(25)17-15(20)3-2-8-21-17/h2-8,10,18,25H,9,11H2,1H3. The Hall–Kier alpha value is -3.31. The fraction of sp³-hybridized carbons (Fsp3) is 0.211. The van der Waals surface area contributed by atoms with Crippen LogP contribution in [-0.4, -0.2) is 45.6 Å². The van der Waals surface area contributed by atoms with E-state index in [0.717, 1.165) is 10.2 Å². The minimum atomic E-state index is -3.91. The summed E-state index contributed by atoms with van der Waals surface area (Å²) in [7, 11) is -2.43. The summed E-state index contributed by atoms with van der Waals surface area (Å²) in [6.45, 7) is 0.0304. The highest BCUT2D eigenvalue weighted by Crippen LogP contribution is 2.27. The summed E-state index contributed by atoms with van der Waals surface area (Å²) in [5, 5.41) is 14.3. The fourth-order valence-electron chi connectivity index (χ4n) is 3.15. The van der Waals surface area contributed by atoms with E-state index in [0.29, 0.717) is 17.0 Å². The first-order valence-electron chi connectivity index (χ1n) is 8.85. The van der Waals surface area contributed by atoms with Crippen LogP contribution in [0, 0.1) is 5.82 Å². The average molecular weight is 432 g/mol. The van der Waals surface area contributed by atoms with Crippen molar-refractivity contribution < 1.29 is 27.4 Å². The molecular formula is C19H17FN4O5S. The summed E-state index contributed by atoms with van der Waals surface area (Å²) in [6, 6.07) is 8.34. The summed E-state index contributed by atoms with van der Waals surface area (Å²) in [5.41, 5.74) is 0.544. The number of aliphatic hydroxyl groups is 1. The monoisotopic (exact) mass is 432 g/mol. The van der Waals surface area contributed by atoms with Crippen molar-refractivity contribution in [3.63, 3.8) is 0 Å². The van der Waals surface area contributed by atoms with Crippen molar-refractivity contribution in [3.05, 3.63) is 71.6 Å². The van der Waals surface area contributed by atoms with E-state index in [1.54, 1.807) is 0 Å². The summed E-state index contributed by atoms with van der Waals surface area (Å²) in [4.78, 5) is 17.6. The molecule has 0 saturated heterocycles. The molecule has 1 aromatic carbocycles. The first-order chi connectivity index (χ1) is 14.3. The van der Waals surface area contributed by atoms with Crippen molar-refractivity contribution in [2.24, 2.45) is 0 Å². The van der Waals surface area contributed by atoms with Gasteiger partial charge in [0.1, 0.15) is 17.3 Å². The van der Waals surface area contributed by atoms with Gasteiger partial charge in [0.2, 0.25) is 0 Å². The molecule has 0 saturated carbocycles. The molecule has 3 aromatic rings. The molecule has 11 heteroatoms. The predicted molar refractivity (Wildman–Crippen MR) is 101 cm³/mol. The number of carbonyl (C=O) groups excluding carboxylic acids is 1. The Morgan fingerprint density at radius 1 is 1.23 bits per heavy atom. The van der Waals surface area contributed by atoms with Gasteiger partial charge in [-0.1, -0.05) is 0 Å². The van der Waals surface area contributed by atoms with E-state index in [2.05, 4.69) is 10.1 Å². The second-order valence-corrected chi connectivity index (χ2v) is 8.42. The van der Waals surface area contributed by atoms with Crippen LogP contribution < -0.4 is 4.74 Å². The molecule has 156 valence electrons. The second-order valence-electron chi connectivity index (χ2n) is 6.62. The molecule has 4 rings (SSSR count). The summed E-state index contributed by atoms with van der Waals surface area (Å²) in [6.07, 6.45) is 0.850. The quantitative estimate of drug-likeness (QED) is 0.645. The van der Waals surface area contributed by atoms with E-state index in [1.165, 1.54) is 54.7 Å².